The first kappa shape index (κ1) is 35.5. The number of H-pyrrole nitrogens is 1. The summed E-state index contributed by atoms with van der Waals surface area (Å²) in [5.41, 5.74) is 5.66. The molecule has 240 valence electrons. The number of carbonyl (C=O) groups is 3. The van der Waals surface area contributed by atoms with Crippen molar-refractivity contribution < 1.29 is 33.7 Å². The van der Waals surface area contributed by atoms with Crippen molar-refractivity contribution in [3.05, 3.63) is 28.8 Å². The minimum Gasteiger partial charge on any atom is -0.481 e. The summed E-state index contributed by atoms with van der Waals surface area (Å²) in [6.07, 6.45) is 17.1. The Morgan fingerprint density at radius 1 is 1.00 bits per heavy atom. The second-order valence-corrected chi connectivity index (χ2v) is 10.5. The van der Waals surface area contributed by atoms with Gasteiger partial charge in [0, 0.05) is 12.8 Å². The monoisotopic (exact) mass is 605 g/mol. The van der Waals surface area contributed by atoms with E-state index < -0.39 is 17.5 Å². The zero-order valence-electron chi connectivity index (χ0n) is 25.3. The number of esters is 2. The highest BCUT2D eigenvalue weighted by molar-refractivity contribution is 5.76. The average molecular weight is 606 g/mol. The molecule has 43 heavy (non-hydrogen) atoms. The third-order valence-electron chi connectivity index (χ3n) is 6.75. The van der Waals surface area contributed by atoms with E-state index in [0.717, 1.165) is 70.6 Å². The zero-order chi connectivity index (χ0) is 31.3. The number of imidazole rings is 1. The van der Waals surface area contributed by atoms with Gasteiger partial charge in [-0.05, 0) is 32.1 Å². The van der Waals surface area contributed by atoms with Crippen LogP contribution >= 0.6 is 0 Å². The van der Waals surface area contributed by atoms with Crippen molar-refractivity contribution in [2.24, 2.45) is 0 Å². The largest absolute Gasteiger partial charge is 0.481 e. The highest BCUT2D eigenvalue weighted by Crippen LogP contribution is 2.15. The lowest BCUT2D eigenvalue weighted by Gasteiger charge is -2.16. The van der Waals surface area contributed by atoms with E-state index in [1.54, 1.807) is 4.57 Å². The van der Waals surface area contributed by atoms with Crippen LogP contribution in [-0.2, 0) is 35.3 Å². The first-order valence-corrected chi connectivity index (χ1v) is 15.3. The summed E-state index contributed by atoms with van der Waals surface area (Å²) in [4.78, 5) is 56.9. The van der Waals surface area contributed by atoms with Crippen LogP contribution in [0.4, 0.5) is 5.95 Å². The number of carboxylic acid groups (broad SMARTS) is 1. The Morgan fingerprint density at radius 2 is 1.77 bits per heavy atom. The van der Waals surface area contributed by atoms with Gasteiger partial charge in [-0.1, -0.05) is 57.6 Å². The summed E-state index contributed by atoms with van der Waals surface area (Å²) in [6, 6.07) is 0. The maximum Gasteiger partial charge on any atom is 0.306 e. The molecular formula is C30H47N5O8. The molecule has 0 amide bonds. The molecule has 0 spiro atoms. The fraction of sp³-hybridized carbons (Fsp3) is 0.667. The molecule has 0 unspecified atom stereocenters. The fourth-order valence-electron chi connectivity index (χ4n) is 4.42. The van der Waals surface area contributed by atoms with E-state index >= 15 is 0 Å². The van der Waals surface area contributed by atoms with Gasteiger partial charge in [0.2, 0.25) is 5.95 Å². The van der Waals surface area contributed by atoms with Crippen LogP contribution in [0.2, 0.25) is 0 Å². The number of anilines is 1. The molecule has 0 saturated carbocycles. The van der Waals surface area contributed by atoms with Gasteiger partial charge in [0.1, 0.15) is 19.4 Å². The number of nitrogen functional groups attached to an aromatic ring is 1. The Morgan fingerprint density at radius 3 is 2.56 bits per heavy atom. The molecule has 4 N–H and O–H groups in total. The first-order valence-electron chi connectivity index (χ1n) is 15.3. The fourth-order valence-corrected chi connectivity index (χ4v) is 4.42. The number of nitrogens with two attached hydrogens (primary N) is 1. The third-order valence-corrected chi connectivity index (χ3v) is 6.75. The minimum absolute atomic E-state index is 0.00332. The third kappa shape index (κ3) is 15.3. The Bertz CT molecular complexity index is 1210. The number of ether oxygens (including phenoxy) is 3. The number of rotatable bonds is 24. The van der Waals surface area contributed by atoms with Crippen molar-refractivity contribution in [2.45, 2.75) is 116 Å². The van der Waals surface area contributed by atoms with Crippen LogP contribution in [0.1, 0.15) is 103 Å². The number of hydrogen-bond acceptors (Lipinski definition) is 10. The number of carboxylic acids is 1. The molecule has 13 heteroatoms. The SMILES string of the molecule is CCCCCC[C@H](CC=CCCCCCCCC(=O)OCCOCn1cnc2c(=O)[nH]c(N)nc21)OC(=O)CCC(=O)O. The minimum atomic E-state index is -0.999. The van der Waals surface area contributed by atoms with Crippen LogP contribution in [0.15, 0.2) is 23.3 Å². The van der Waals surface area contributed by atoms with Gasteiger partial charge in [-0.2, -0.15) is 4.98 Å². The highest BCUT2D eigenvalue weighted by atomic mass is 16.6. The first-order chi connectivity index (χ1) is 20.8. The molecule has 0 fully saturated rings. The van der Waals surface area contributed by atoms with Crippen molar-refractivity contribution in [3.63, 3.8) is 0 Å². The van der Waals surface area contributed by atoms with Crippen LogP contribution in [0, 0.1) is 0 Å². The van der Waals surface area contributed by atoms with Crippen molar-refractivity contribution in [1.29, 1.82) is 0 Å². The van der Waals surface area contributed by atoms with Gasteiger partial charge in [-0.25, -0.2) is 4.98 Å². The quantitative estimate of drug-likeness (QED) is 0.0858. The van der Waals surface area contributed by atoms with Crippen molar-refractivity contribution in [1.82, 2.24) is 19.5 Å². The zero-order valence-corrected chi connectivity index (χ0v) is 25.3. The van der Waals surface area contributed by atoms with E-state index in [4.69, 9.17) is 25.1 Å². The molecule has 2 rings (SSSR count). The lowest BCUT2D eigenvalue weighted by Crippen LogP contribution is -2.18. The molecule has 0 aliphatic rings. The summed E-state index contributed by atoms with van der Waals surface area (Å²) < 4.78 is 17.8. The smallest absolute Gasteiger partial charge is 0.306 e. The maximum atomic E-state index is 12.0. The van der Waals surface area contributed by atoms with Gasteiger partial charge in [-0.3, -0.25) is 28.7 Å². The van der Waals surface area contributed by atoms with Gasteiger partial charge in [0.15, 0.2) is 11.2 Å². The maximum absolute atomic E-state index is 12.0. The summed E-state index contributed by atoms with van der Waals surface area (Å²) >= 11 is 0. The number of aromatic nitrogens is 4. The number of allylic oxidation sites excluding steroid dienone is 1. The molecular weight excluding hydrogens is 558 g/mol. The summed E-state index contributed by atoms with van der Waals surface area (Å²) in [7, 11) is 0. The number of nitrogens with one attached hydrogen (secondary N) is 1. The topological polar surface area (TPSA) is 189 Å². The second-order valence-electron chi connectivity index (χ2n) is 10.5. The van der Waals surface area contributed by atoms with E-state index in [1.807, 2.05) is 0 Å². The molecule has 0 radical (unpaired) electrons. The number of hydrogen-bond donors (Lipinski definition) is 3. The number of fused-ring (bicyclic) bond motifs is 1. The normalized spacial score (nSPS) is 12.1. The van der Waals surface area contributed by atoms with Crippen LogP contribution in [0.25, 0.3) is 11.2 Å². The predicted octanol–water partition coefficient (Wildman–Crippen LogP) is 4.64. The Kier molecular flexibility index (Phi) is 17.3. The molecule has 1 atom stereocenters. The van der Waals surface area contributed by atoms with Crippen molar-refractivity contribution >= 4 is 35.0 Å². The van der Waals surface area contributed by atoms with E-state index in [2.05, 4.69) is 34.0 Å². The van der Waals surface area contributed by atoms with E-state index in [9.17, 15) is 19.2 Å². The van der Waals surface area contributed by atoms with Crippen LogP contribution in [-0.4, -0.2) is 61.9 Å². The molecule has 0 aromatic carbocycles. The standard InChI is InChI=1S/C30H47N5O8/c1-2-3-4-11-14-23(43-26(39)18-17-24(36)37)15-12-9-7-5-6-8-10-13-16-25(38)42-20-19-41-22-35-21-32-27-28(35)33-30(31)34-29(27)40/h9,12,21,23H,2-8,10-11,13-20,22H2,1H3,(H,36,37)(H3,31,33,34,40)/t23-/m1/s1. The average Bonchev–Trinajstić information content (AvgIpc) is 3.37. The lowest BCUT2D eigenvalue weighted by molar-refractivity contribution is -0.152. The van der Waals surface area contributed by atoms with Gasteiger partial charge < -0.3 is 25.1 Å². The molecule has 2 aromatic rings. The molecule has 0 saturated heterocycles. The molecule has 2 heterocycles. The van der Waals surface area contributed by atoms with Crippen LogP contribution in [0.5, 0.6) is 0 Å². The Labute approximate surface area is 252 Å². The molecule has 0 aliphatic carbocycles. The van der Waals surface area contributed by atoms with Crippen LogP contribution < -0.4 is 11.3 Å². The molecule has 0 aliphatic heterocycles. The number of aromatic amines is 1. The second kappa shape index (κ2) is 21.0. The molecule has 13 nitrogen and oxygen atoms in total. The molecule has 0 bridgehead atoms. The highest BCUT2D eigenvalue weighted by Gasteiger charge is 2.14. The number of aliphatic carboxylic acids is 1. The number of nitrogens with zero attached hydrogens (tertiary/aromatic N) is 3. The number of unbranched alkanes of at least 4 members (excludes halogenated alkanes) is 8. The summed E-state index contributed by atoms with van der Waals surface area (Å²) in [5.74, 6) is -1.71. The van der Waals surface area contributed by atoms with Gasteiger partial charge in [0.25, 0.3) is 5.56 Å². The predicted molar refractivity (Wildman–Crippen MR) is 161 cm³/mol. The Hall–Kier alpha value is -3.74. The lowest BCUT2D eigenvalue weighted by atomic mass is 10.1. The van der Waals surface area contributed by atoms with Gasteiger partial charge in [-0.15, -0.1) is 0 Å². The van der Waals surface area contributed by atoms with E-state index in [1.165, 1.54) is 6.33 Å². The van der Waals surface area contributed by atoms with E-state index in [0.29, 0.717) is 18.5 Å². The van der Waals surface area contributed by atoms with Gasteiger partial charge >= 0.3 is 17.9 Å². The van der Waals surface area contributed by atoms with E-state index in [-0.39, 0.29) is 56.3 Å². The van der Waals surface area contributed by atoms with Crippen molar-refractivity contribution in [2.75, 3.05) is 18.9 Å². The Balaban J connectivity index is 1.49. The van der Waals surface area contributed by atoms with Gasteiger partial charge in [0.05, 0.1) is 25.8 Å². The molecule has 2 aromatic heterocycles. The number of carbonyl (C=O) groups excluding carboxylic acids is 2. The van der Waals surface area contributed by atoms with Crippen molar-refractivity contribution in [3.8, 4) is 0 Å². The van der Waals surface area contributed by atoms with Crippen LogP contribution in [0.3, 0.4) is 0 Å². The summed E-state index contributed by atoms with van der Waals surface area (Å²) in [5, 5.41) is 8.76. The summed E-state index contributed by atoms with van der Waals surface area (Å²) in [6.45, 7) is 2.58.